The minimum Gasteiger partial charge on any atom is -0.478 e. The first-order valence-electron chi connectivity index (χ1n) is 5.88. The molecule has 1 aromatic carbocycles. The van der Waals surface area contributed by atoms with Crippen LogP contribution in [0.3, 0.4) is 0 Å². The van der Waals surface area contributed by atoms with Crippen LogP contribution >= 0.6 is 0 Å². The lowest BCUT2D eigenvalue weighted by Gasteiger charge is -2.36. The first-order chi connectivity index (χ1) is 8.82. The second-order valence-electron chi connectivity index (χ2n) is 4.74. The molecule has 0 aliphatic heterocycles. The molecular weight excluding hydrogens is 270 g/mol. The first-order valence-corrected chi connectivity index (χ1v) is 7.36. The number of hydrogen-bond donors (Lipinski definition) is 3. The Labute approximate surface area is 111 Å². The van der Waals surface area contributed by atoms with Crippen molar-refractivity contribution >= 4 is 16.0 Å². The van der Waals surface area contributed by atoms with E-state index in [0.29, 0.717) is 12.8 Å². The van der Waals surface area contributed by atoms with Crippen LogP contribution < -0.4 is 4.72 Å². The summed E-state index contributed by atoms with van der Waals surface area (Å²) in [5, 5.41) is 18.7. The lowest BCUT2D eigenvalue weighted by Crippen LogP contribution is -2.47. The number of aromatic carboxylic acids is 1. The van der Waals surface area contributed by atoms with Crippen LogP contribution in [0.25, 0.3) is 0 Å². The van der Waals surface area contributed by atoms with E-state index in [-0.39, 0.29) is 17.0 Å². The molecule has 0 radical (unpaired) electrons. The van der Waals surface area contributed by atoms with Crippen molar-refractivity contribution in [2.24, 2.45) is 0 Å². The molecule has 0 spiro atoms. The second-order valence-corrected chi connectivity index (χ2v) is 6.50. The fourth-order valence-corrected chi connectivity index (χ4v) is 3.04. The van der Waals surface area contributed by atoms with Gasteiger partial charge >= 0.3 is 5.97 Å². The molecule has 1 aliphatic carbocycles. The summed E-state index contributed by atoms with van der Waals surface area (Å²) in [7, 11) is -3.80. The Kier molecular flexibility index (Phi) is 3.62. The van der Waals surface area contributed by atoms with Gasteiger partial charge in [0, 0.05) is 6.54 Å². The number of carboxylic acids is 1. The Morgan fingerprint density at radius 3 is 2.58 bits per heavy atom. The maximum absolute atomic E-state index is 12.0. The SMILES string of the molecule is O=C(O)c1cccc(S(=O)(=O)NCC2(O)CCC2)c1. The molecule has 1 aliphatic rings. The predicted molar refractivity (Wildman–Crippen MR) is 67.4 cm³/mol. The van der Waals surface area contributed by atoms with Crippen LogP contribution in [0, 0.1) is 0 Å². The van der Waals surface area contributed by atoms with Crippen molar-refractivity contribution in [3.05, 3.63) is 29.8 Å². The summed E-state index contributed by atoms with van der Waals surface area (Å²) in [4.78, 5) is 10.7. The number of aliphatic hydroxyl groups is 1. The van der Waals surface area contributed by atoms with E-state index >= 15 is 0 Å². The van der Waals surface area contributed by atoms with Crippen LogP contribution in [0.1, 0.15) is 29.6 Å². The minimum atomic E-state index is -3.80. The highest BCUT2D eigenvalue weighted by Crippen LogP contribution is 2.31. The fraction of sp³-hybridized carbons (Fsp3) is 0.417. The van der Waals surface area contributed by atoms with Crippen LogP contribution in [0.4, 0.5) is 0 Å². The van der Waals surface area contributed by atoms with Crippen molar-refractivity contribution in [3.63, 3.8) is 0 Å². The number of hydrogen-bond acceptors (Lipinski definition) is 4. The van der Waals surface area contributed by atoms with Gasteiger partial charge in [-0.05, 0) is 37.5 Å². The maximum Gasteiger partial charge on any atom is 0.335 e. The van der Waals surface area contributed by atoms with Crippen LogP contribution in [0.5, 0.6) is 0 Å². The molecule has 0 aromatic heterocycles. The van der Waals surface area contributed by atoms with Gasteiger partial charge in [0.1, 0.15) is 0 Å². The minimum absolute atomic E-state index is 0.0490. The highest BCUT2D eigenvalue weighted by atomic mass is 32.2. The Balaban J connectivity index is 2.14. The Morgan fingerprint density at radius 1 is 1.37 bits per heavy atom. The highest BCUT2D eigenvalue weighted by Gasteiger charge is 2.35. The number of nitrogens with one attached hydrogen (secondary N) is 1. The standard InChI is InChI=1S/C12H15NO5S/c14-11(15)9-3-1-4-10(7-9)19(17,18)13-8-12(16)5-2-6-12/h1,3-4,7,13,16H,2,5-6,8H2,(H,14,15). The fourth-order valence-electron chi connectivity index (χ4n) is 1.87. The smallest absolute Gasteiger partial charge is 0.335 e. The number of benzene rings is 1. The average molecular weight is 285 g/mol. The summed E-state index contributed by atoms with van der Waals surface area (Å²) < 4.78 is 26.3. The van der Waals surface area contributed by atoms with Crippen molar-refractivity contribution in [1.29, 1.82) is 0 Å². The monoisotopic (exact) mass is 285 g/mol. The van der Waals surface area contributed by atoms with Crippen LogP contribution in [0.15, 0.2) is 29.2 Å². The molecular formula is C12H15NO5S. The van der Waals surface area contributed by atoms with Crippen molar-refractivity contribution < 1.29 is 23.4 Å². The summed E-state index contributed by atoms with van der Waals surface area (Å²) >= 11 is 0. The maximum atomic E-state index is 12.0. The van der Waals surface area contributed by atoms with Crippen molar-refractivity contribution in [1.82, 2.24) is 4.72 Å². The molecule has 0 unspecified atom stereocenters. The van der Waals surface area contributed by atoms with Gasteiger partial charge in [0.05, 0.1) is 16.1 Å². The van der Waals surface area contributed by atoms with Gasteiger partial charge in [-0.2, -0.15) is 0 Å². The molecule has 1 saturated carbocycles. The largest absolute Gasteiger partial charge is 0.478 e. The third kappa shape index (κ3) is 3.12. The molecule has 1 fully saturated rings. The van der Waals surface area contributed by atoms with E-state index in [1.54, 1.807) is 0 Å². The van der Waals surface area contributed by atoms with Crippen molar-refractivity contribution in [3.8, 4) is 0 Å². The molecule has 0 heterocycles. The van der Waals surface area contributed by atoms with E-state index in [4.69, 9.17) is 5.11 Å². The zero-order valence-electron chi connectivity index (χ0n) is 10.2. The lowest BCUT2D eigenvalue weighted by molar-refractivity contribution is -0.0271. The molecule has 0 amide bonds. The van der Waals surface area contributed by atoms with Crippen LogP contribution in [0.2, 0.25) is 0 Å². The number of carbonyl (C=O) groups is 1. The topological polar surface area (TPSA) is 104 Å². The summed E-state index contributed by atoms with van der Waals surface area (Å²) in [6.07, 6.45) is 2.03. The van der Waals surface area contributed by atoms with Crippen LogP contribution in [-0.2, 0) is 10.0 Å². The zero-order chi connectivity index (χ0) is 14.1. The summed E-state index contributed by atoms with van der Waals surface area (Å²) in [5.74, 6) is -1.19. The predicted octanol–water partition coefficient (Wildman–Crippen LogP) is 0.578. The third-order valence-electron chi connectivity index (χ3n) is 3.27. The van der Waals surface area contributed by atoms with Crippen molar-refractivity contribution in [2.45, 2.75) is 29.8 Å². The van der Waals surface area contributed by atoms with E-state index in [0.717, 1.165) is 12.5 Å². The number of sulfonamides is 1. The molecule has 0 atom stereocenters. The molecule has 7 heteroatoms. The normalized spacial score (nSPS) is 17.7. The van der Waals surface area contributed by atoms with E-state index in [1.165, 1.54) is 18.2 Å². The van der Waals surface area contributed by atoms with Gasteiger partial charge in [0.2, 0.25) is 10.0 Å². The van der Waals surface area contributed by atoms with Gasteiger partial charge in [-0.15, -0.1) is 0 Å². The molecule has 0 saturated heterocycles. The van der Waals surface area contributed by atoms with Gasteiger partial charge in [-0.3, -0.25) is 0 Å². The van der Waals surface area contributed by atoms with Gasteiger partial charge in [-0.25, -0.2) is 17.9 Å². The Hall–Kier alpha value is -1.44. The Bertz CT molecular complexity index is 592. The average Bonchev–Trinajstić information content (AvgIpc) is 2.34. The Morgan fingerprint density at radius 2 is 2.05 bits per heavy atom. The zero-order valence-corrected chi connectivity index (χ0v) is 11.0. The summed E-state index contributed by atoms with van der Waals surface area (Å²) in [6.45, 7) is -0.0490. The molecule has 6 nitrogen and oxygen atoms in total. The number of rotatable bonds is 5. The van der Waals surface area contributed by atoms with E-state index in [9.17, 15) is 18.3 Å². The molecule has 0 bridgehead atoms. The highest BCUT2D eigenvalue weighted by molar-refractivity contribution is 7.89. The molecule has 19 heavy (non-hydrogen) atoms. The molecule has 3 N–H and O–H groups in total. The number of carboxylic acid groups (broad SMARTS) is 1. The molecule has 104 valence electrons. The molecule has 2 rings (SSSR count). The van der Waals surface area contributed by atoms with Crippen LogP contribution in [-0.4, -0.2) is 36.7 Å². The lowest BCUT2D eigenvalue weighted by atomic mass is 9.81. The van der Waals surface area contributed by atoms with E-state index in [1.807, 2.05) is 0 Å². The van der Waals surface area contributed by atoms with Gasteiger partial charge in [-0.1, -0.05) is 6.07 Å². The first kappa shape index (κ1) is 14.0. The van der Waals surface area contributed by atoms with Gasteiger partial charge in [0.15, 0.2) is 0 Å². The quantitative estimate of drug-likeness (QED) is 0.734. The third-order valence-corrected chi connectivity index (χ3v) is 4.67. The van der Waals surface area contributed by atoms with Crippen molar-refractivity contribution in [2.75, 3.05) is 6.54 Å². The molecule has 1 aromatic rings. The van der Waals surface area contributed by atoms with E-state index in [2.05, 4.69) is 4.72 Å². The summed E-state index contributed by atoms with van der Waals surface area (Å²) in [6, 6.07) is 5.10. The van der Waals surface area contributed by atoms with Gasteiger partial charge in [0.25, 0.3) is 0 Å². The van der Waals surface area contributed by atoms with E-state index < -0.39 is 21.6 Å². The van der Waals surface area contributed by atoms with Gasteiger partial charge < -0.3 is 10.2 Å². The second kappa shape index (κ2) is 4.92. The summed E-state index contributed by atoms with van der Waals surface area (Å²) in [5.41, 5.74) is -1.05.